The summed E-state index contributed by atoms with van der Waals surface area (Å²) in [5, 5.41) is 19.8. The van der Waals surface area contributed by atoms with Gasteiger partial charge in [0.15, 0.2) is 0 Å². The molecular weight excluding hydrogens is 358 g/mol. The molecule has 0 aliphatic rings. The van der Waals surface area contributed by atoms with Crippen LogP contribution in [0.1, 0.15) is 38.5 Å². The zero-order chi connectivity index (χ0) is 20.4. The minimum Gasteiger partial charge on any atom is -0.493 e. The molecule has 0 bridgehead atoms. The highest BCUT2D eigenvalue weighted by molar-refractivity contribution is 5.85. The lowest BCUT2D eigenvalue weighted by Crippen LogP contribution is -2.00. The van der Waals surface area contributed by atoms with Crippen LogP contribution in [0.4, 0.5) is 5.69 Å². The molecule has 0 heterocycles. The van der Waals surface area contributed by atoms with Crippen LogP contribution in [-0.4, -0.2) is 22.6 Å². The highest BCUT2D eigenvalue weighted by Crippen LogP contribution is 2.33. The van der Waals surface area contributed by atoms with Crippen LogP contribution >= 0.6 is 0 Å². The van der Waals surface area contributed by atoms with Crippen molar-refractivity contribution in [1.29, 1.82) is 0 Å². The van der Waals surface area contributed by atoms with E-state index in [0.717, 1.165) is 43.2 Å². The summed E-state index contributed by atoms with van der Waals surface area (Å²) in [5.74, 6) is -0.419. The van der Waals surface area contributed by atoms with E-state index in [-0.39, 0.29) is 11.3 Å². The number of carbonyl (C=O) groups is 1. The van der Waals surface area contributed by atoms with Crippen molar-refractivity contribution in [3.05, 3.63) is 70.8 Å². The Hall–Kier alpha value is -3.15. The monoisotopic (exact) mass is 383 g/mol. The number of nitrogens with zero attached hydrogens (tertiary/aromatic N) is 1. The number of aliphatic carboxylic acids is 1. The molecule has 0 aliphatic heterocycles. The molecule has 0 fully saturated rings. The van der Waals surface area contributed by atoms with Crippen molar-refractivity contribution in [1.82, 2.24) is 0 Å². The van der Waals surface area contributed by atoms with Crippen molar-refractivity contribution in [3.8, 4) is 16.9 Å². The molecule has 2 rings (SSSR count). The zero-order valence-electron chi connectivity index (χ0n) is 15.8. The number of ether oxygens (including phenoxy) is 1. The lowest BCUT2D eigenvalue weighted by Gasteiger charge is -2.12. The lowest BCUT2D eigenvalue weighted by molar-refractivity contribution is -0.384. The third-order valence-corrected chi connectivity index (χ3v) is 4.44. The van der Waals surface area contributed by atoms with Crippen molar-refractivity contribution in [2.24, 2.45) is 0 Å². The molecule has 0 radical (unpaired) electrons. The van der Waals surface area contributed by atoms with E-state index >= 15 is 0 Å². The van der Waals surface area contributed by atoms with Gasteiger partial charge in [0.2, 0.25) is 0 Å². The SMILES string of the molecule is C=C(CCCCCCCOc1cc([N+](=O)[O-])ccc1-c1ccccc1)C(=O)O. The Labute approximate surface area is 164 Å². The van der Waals surface area contributed by atoms with Gasteiger partial charge in [0.1, 0.15) is 5.75 Å². The fourth-order valence-electron chi connectivity index (χ4n) is 2.86. The van der Waals surface area contributed by atoms with Crippen molar-refractivity contribution in [2.45, 2.75) is 38.5 Å². The van der Waals surface area contributed by atoms with Gasteiger partial charge in [0, 0.05) is 17.2 Å². The highest BCUT2D eigenvalue weighted by atomic mass is 16.6. The van der Waals surface area contributed by atoms with Gasteiger partial charge in [-0.15, -0.1) is 0 Å². The topological polar surface area (TPSA) is 89.7 Å². The average Bonchev–Trinajstić information content (AvgIpc) is 2.70. The van der Waals surface area contributed by atoms with Gasteiger partial charge in [-0.2, -0.15) is 0 Å². The number of carboxylic acid groups (broad SMARTS) is 1. The second kappa shape index (κ2) is 10.9. The molecule has 0 saturated heterocycles. The number of non-ortho nitro benzene ring substituents is 1. The fraction of sp³-hybridized carbons (Fsp3) is 0.318. The van der Waals surface area contributed by atoms with Gasteiger partial charge in [0.25, 0.3) is 5.69 Å². The number of nitro groups is 1. The largest absolute Gasteiger partial charge is 0.493 e. The van der Waals surface area contributed by atoms with E-state index in [0.29, 0.717) is 18.8 Å². The van der Waals surface area contributed by atoms with Crippen molar-refractivity contribution >= 4 is 11.7 Å². The van der Waals surface area contributed by atoms with Crippen LogP contribution < -0.4 is 4.74 Å². The maximum atomic E-state index is 11.1. The summed E-state index contributed by atoms with van der Waals surface area (Å²) in [4.78, 5) is 21.3. The van der Waals surface area contributed by atoms with Crippen LogP contribution in [0.2, 0.25) is 0 Å². The third kappa shape index (κ3) is 6.54. The van der Waals surface area contributed by atoms with Crippen molar-refractivity contribution in [3.63, 3.8) is 0 Å². The van der Waals surface area contributed by atoms with E-state index in [1.54, 1.807) is 6.07 Å². The third-order valence-electron chi connectivity index (χ3n) is 4.44. The van der Waals surface area contributed by atoms with E-state index in [9.17, 15) is 14.9 Å². The smallest absolute Gasteiger partial charge is 0.330 e. The molecule has 2 aromatic rings. The summed E-state index contributed by atoms with van der Waals surface area (Å²) < 4.78 is 5.86. The van der Waals surface area contributed by atoms with Gasteiger partial charge in [-0.25, -0.2) is 4.79 Å². The minimum absolute atomic E-state index is 0.00772. The molecule has 28 heavy (non-hydrogen) atoms. The predicted molar refractivity (Wildman–Crippen MR) is 109 cm³/mol. The van der Waals surface area contributed by atoms with E-state index in [2.05, 4.69) is 6.58 Å². The maximum Gasteiger partial charge on any atom is 0.330 e. The number of hydrogen-bond acceptors (Lipinski definition) is 4. The lowest BCUT2D eigenvalue weighted by atomic mass is 10.0. The van der Waals surface area contributed by atoms with Crippen LogP contribution in [-0.2, 0) is 4.79 Å². The second-order valence-corrected chi connectivity index (χ2v) is 6.58. The van der Waals surface area contributed by atoms with Gasteiger partial charge in [-0.3, -0.25) is 10.1 Å². The van der Waals surface area contributed by atoms with Gasteiger partial charge in [-0.1, -0.05) is 56.2 Å². The number of unbranched alkanes of at least 4 members (excludes halogenated alkanes) is 4. The zero-order valence-corrected chi connectivity index (χ0v) is 15.8. The normalized spacial score (nSPS) is 10.4. The standard InChI is InChI=1S/C22H25NO5/c1-17(22(24)25)10-6-3-2-4-9-15-28-21-16-19(23(26)27)13-14-20(21)18-11-7-5-8-12-18/h5,7-8,11-14,16H,1-4,6,9-10,15H2,(H,24,25). The summed E-state index contributed by atoms with van der Waals surface area (Å²) in [6.45, 7) is 4.00. The molecule has 6 nitrogen and oxygen atoms in total. The molecule has 0 atom stereocenters. The van der Waals surface area contributed by atoms with Crippen LogP contribution in [0.3, 0.4) is 0 Å². The van der Waals surface area contributed by atoms with Gasteiger partial charge in [0.05, 0.1) is 17.6 Å². The van der Waals surface area contributed by atoms with E-state index in [1.807, 2.05) is 30.3 Å². The van der Waals surface area contributed by atoms with Crippen LogP contribution in [0.25, 0.3) is 11.1 Å². The number of carboxylic acids is 1. The molecule has 0 spiro atoms. The van der Waals surface area contributed by atoms with E-state index in [1.165, 1.54) is 12.1 Å². The van der Waals surface area contributed by atoms with Gasteiger partial charge in [-0.05, 0) is 30.9 Å². The first kappa shape index (κ1) is 21.2. The van der Waals surface area contributed by atoms with E-state index < -0.39 is 10.9 Å². The summed E-state index contributed by atoms with van der Waals surface area (Å²) in [6, 6.07) is 14.3. The second-order valence-electron chi connectivity index (χ2n) is 6.58. The van der Waals surface area contributed by atoms with Crippen LogP contribution in [0.15, 0.2) is 60.7 Å². The number of rotatable bonds is 12. The molecule has 2 aromatic carbocycles. The molecular formula is C22H25NO5. The molecule has 6 heteroatoms. The number of hydrogen-bond donors (Lipinski definition) is 1. The Balaban J connectivity index is 1.84. The predicted octanol–water partition coefficient (Wildman–Crippen LogP) is 5.62. The number of benzene rings is 2. The molecule has 0 saturated carbocycles. The first-order chi connectivity index (χ1) is 13.5. The Morgan fingerprint density at radius 2 is 1.71 bits per heavy atom. The molecule has 0 amide bonds. The molecule has 0 unspecified atom stereocenters. The Kier molecular flexibility index (Phi) is 8.21. The summed E-state index contributed by atoms with van der Waals surface area (Å²) >= 11 is 0. The molecule has 0 aliphatic carbocycles. The maximum absolute atomic E-state index is 11.1. The highest BCUT2D eigenvalue weighted by Gasteiger charge is 2.13. The van der Waals surface area contributed by atoms with Crippen molar-refractivity contribution in [2.75, 3.05) is 6.61 Å². The molecule has 1 N–H and O–H groups in total. The summed E-state index contributed by atoms with van der Waals surface area (Å²) in [6.07, 6.45) is 5.04. The van der Waals surface area contributed by atoms with Gasteiger partial charge >= 0.3 is 5.97 Å². The Morgan fingerprint density at radius 3 is 2.39 bits per heavy atom. The number of nitro benzene ring substituents is 1. The Morgan fingerprint density at radius 1 is 1.04 bits per heavy atom. The minimum atomic E-state index is -0.931. The van der Waals surface area contributed by atoms with Crippen LogP contribution in [0.5, 0.6) is 5.75 Å². The first-order valence-electron chi connectivity index (χ1n) is 9.37. The quantitative estimate of drug-likeness (QED) is 0.222. The van der Waals surface area contributed by atoms with Crippen LogP contribution in [0, 0.1) is 10.1 Å². The Bertz CT molecular complexity index is 817. The summed E-state index contributed by atoms with van der Waals surface area (Å²) in [7, 11) is 0. The van der Waals surface area contributed by atoms with Crippen molar-refractivity contribution < 1.29 is 19.6 Å². The molecule has 0 aromatic heterocycles. The fourth-order valence-corrected chi connectivity index (χ4v) is 2.86. The molecule has 148 valence electrons. The average molecular weight is 383 g/mol. The van der Waals surface area contributed by atoms with E-state index in [4.69, 9.17) is 9.84 Å². The summed E-state index contributed by atoms with van der Waals surface area (Å²) in [5.41, 5.74) is 2.04. The first-order valence-corrected chi connectivity index (χ1v) is 9.37. The van der Waals surface area contributed by atoms with Gasteiger partial charge < -0.3 is 9.84 Å².